The van der Waals surface area contributed by atoms with Crippen LogP contribution in [0, 0.1) is 0 Å². The molecule has 2 rings (SSSR count). The highest BCUT2D eigenvalue weighted by Gasteiger charge is 2.17. The maximum atomic E-state index is 11.9. The van der Waals surface area contributed by atoms with Crippen LogP contribution in [0.5, 0.6) is 0 Å². The van der Waals surface area contributed by atoms with Crippen LogP contribution in [0.25, 0.3) is 0 Å². The lowest BCUT2D eigenvalue weighted by Crippen LogP contribution is -2.23. The molecule has 4 nitrogen and oxygen atoms in total. The summed E-state index contributed by atoms with van der Waals surface area (Å²) in [7, 11) is 0. The standard InChI is InChI=1S/C16H13NO3/c1-11(18)13-9-5-6-10-14(13)17-16(20)15(19)12-7-3-2-4-8-12/h2-10H,1H3,(H,17,20). The summed E-state index contributed by atoms with van der Waals surface area (Å²) in [6.45, 7) is 1.41. The zero-order valence-corrected chi connectivity index (χ0v) is 10.9. The quantitative estimate of drug-likeness (QED) is 0.684. The van der Waals surface area contributed by atoms with Crippen molar-refractivity contribution in [2.45, 2.75) is 6.92 Å². The molecule has 1 N–H and O–H groups in total. The normalized spacial score (nSPS) is 9.85. The monoisotopic (exact) mass is 267 g/mol. The predicted molar refractivity (Wildman–Crippen MR) is 75.8 cm³/mol. The number of Topliss-reactive ketones (excluding diaryl/α,β-unsaturated/α-hetero) is 2. The highest BCUT2D eigenvalue weighted by molar-refractivity contribution is 6.46. The van der Waals surface area contributed by atoms with Crippen LogP contribution in [0.3, 0.4) is 0 Å². The van der Waals surface area contributed by atoms with Crippen LogP contribution < -0.4 is 5.32 Å². The molecule has 2 aromatic rings. The SMILES string of the molecule is CC(=O)c1ccccc1NC(=O)C(=O)c1ccccc1. The number of hydrogen-bond donors (Lipinski definition) is 1. The second-order valence-electron chi connectivity index (χ2n) is 4.25. The van der Waals surface area contributed by atoms with Gasteiger partial charge in [-0.1, -0.05) is 42.5 Å². The van der Waals surface area contributed by atoms with E-state index in [1.54, 1.807) is 54.6 Å². The molecule has 0 radical (unpaired) electrons. The minimum absolute atomic E-state index is 0.173. The van der Waals surface area contributed by atoms with Gasteiger partial charge >= 0.3 is 0 Å². The Balaban J connectivity index is 2.21. The number of benzene rings is 2. The maximum Gasteiger partial charge on any atom is 0.296 e. The van der Waals surface area contributed by atoms with Crippen molar-refractivity contribution < 1.29 is 14.4 Å². The number of hydrogen-bond acceptors (Lipinski definition) is 3. The second kappa shape index (κ2) is 5.93. The lowest BCUT2D eigenvalue weighted by molar-refractivity contribution is -0.112. The first-order valence-corrected chi connectivity index (χ1v) is 6.10. The van der Waals surface area contributed by atoms with Crippen LogP contribution in [0.4, 0.5) is 5.69 Å². The van der Waals surface area contributed by atoms with Crippen LogP contribution in [0.2, 0.25) is 0 Å². The van der Waals surface area contributed by atoms with E-state index in [1.807, 2.05) is 0 Å². The van der Waals surface area contributed by atoms with Gasteiger partial charge in [0, 0.05) is 11.1 Å². The molecule has 0 fully saturated rings. The number of para-hydroxylation sites is 1. The third-order valence-corrected chi connectivity index (χ3v) is 2.80. The molecule has 0 aliphatic heterocycles. The summed E-state index contributed by atoms with van der Waals surface area (Å²) >= 11 is 0. The largest absolute Gasteiger partial charge is 0.318 e. The van der Waals surface area contributed by atoms with E-state index in [0.29, 0.717) is 16.8 Å². The van der Waals surface area contributed by atoms with E-state index in [4.69, 9.17) is 0 Å². The highest BCUT2D eigenvalue weighted by Crippen LogP contribution is 2.16. The van der Waals surface area contributed by atoms with E-state index in [9.17, 15) is 14.4 Å². The Morgan fingerprint density at radius 1 is 0.850 bits per heavy atom. The molecule has 20 heavy (non-hydrogen) atoms. The summed E-state index contributed by atoms with van der Waals surface area (Å²) in [6.07, 6.45) is 0. The van der Waals surface area contributed by atoms with Gasteiger partial charge in [0.25, 0.3) is 11.7 Å². The van der Waals surface area contributed by atoms with Crippen LogP contribution in [-0.4, -0.2) is 17.5 Å². The Hall–Kier alpha value is -2.75. The van der Waals surface area contributed by atoms with Gasteiger partial charge in [-0.05, 0) is 19.1 Å². The van der Waals surface area contributed by atoms with Gasteiger partial charge in [0.05, 0.1) is 5.69 Å². The van der Waals surface area contributed by atoms with Crippen molar-refractivity contribution in [3.05, 3.63) is 65.7 Å². The Kier molecular flexibility index (Phi) is 4.05. The van der Waals surface area contributed by atoms with E-state index in [1.165, 1.54) is 6.92 Å². The van der Waals surface area contributed by atoms with E-state index in [0.717, 1.165) is 0 Å². The number of rotatable bonds is 4. The van der Waals surface area contributed by atoms with Crippen molar-refractivity contribution in [2.24, 2.45) is 0 Å². The number of amides is 1. The first-order chi connectivity index (χ1) is 9.59. The number of carbonyl (C=O) groups excluding carboxylic acids is 3. The third-order valence-electron chi connectivity index (χ3n) is 2.80. The summed E-state index contributed by atoms with van der Waals surface area (Å²) in [5.41, 5.74) is 1.03. The van der Waals surface area contributed by atoms with Gasteiger partial charge in [-0.15, -0.1) is 0 Å². The molecule has 0 saturated carbocycles. The average Bonchev–Trinajstić information content (AvgIpc) is 2.47. The molecule has 0 aliphatic carbocycles. The van der Waals surface area contributed by atoms with Gasteiger partial charge < -0.3 is 5.32 Å². The summed E-state index contributed by atoms with van der Waals surface area (Å²) < 4.78 is 0. The zero-order valence-electron chi connectivity index (χ0n) is 10.9. The van der Waals surface area contributed by atoms with Crippen molar-refractivity contribution in [1.29, 1.82) is 0 Å². The smallest absolute Gasteiger partial charge is 0.296 e. The molecule has 0 saturated heterocycles. The summed E-state index contributed by atoms with van der Waals surface area (Å²) in [5.74, 6) is -1.57. The Labute approximate surface area is 116 Å². The van der Waals surface area contributed by atoms with Crippen LogP contribution in [0.15, 0.2) is 54.6 Å². The Bertz CT molecular complexity index is 662. The molecule has 0 unspecified atom stereocenters. The maximum absolute atomic E-state index is 11.9. The second-order valence-corrected chi connectivity index (χ2v) is 4.25. The van der Waals surface area contributed by atoms with Gasteiger partial charge in [0.15, 0.2) is 5.78 Å². The molecule has 0 spiro atoms. The molecule has 2 aromatic carbocycles. The van der Waals surface area contributed by atoms with E-state index in [2.05, 4.69) is 5.32 Å². The molecule has 100 valence electrons. The molecule has 0 bridgehead atoms. The molecule has 0 atom stereocenters. The molecule has 0 heterocycles. The number of ketones is 2. The summed E-state index contributed by atoms with van der Waals surface area (Å²) in [5, 5.41) is 2.48. The fourth-order valence-electron chi connectivity index (χ4n) is 1.80. The van der Waals surface area contributed by atoms with E-state index < -0.39 is 11.7 Å². The number of carbonyl (C=O) groups is 3. The van der Waals surface area contributed by atoms with Gasteiger partial charge in [0.2, 0.25) is 0 Å². The van der Waals surface area contributed by atoms with Crippen molar-refractivity contribution >= 4 is 23.2 Å². The topological polar surface area (TPSA) is 63.2 Å². The van der Waals surface area contributed by atoms with Crippen molar-refractivity contribution in [3.8, 4) is 0 Å². The molecule has 0 aromatic heterocycles. The lowest BCUT2D eigenvalue weighted by atomic mass is 10.1. The fraction of sp³-hybridized carbons (Fsp3) is 0.0625. The first kappa shape index (κ1) is 13.7. The molecular formula is C16H13NO3. The number of anilines is 1. The molecule has 0 aliphatic rings. The van der Waals surface area contributed by atoms with Crippen molar-refractivity contribution in [1.82, 2.24) is 0 Å². The van der Waals surface area contributed by atoms with Gasteiger partial charge in [-0.2, -0.15) is 0 Å². The summed E-state index contributed by atoms with van der Waals surface area (Å²) in [6, 6.07) is 14.9. The molecule has 1 amide bonds. The van der Waals surface area contributed by atoms with Crippen molar-refractivity contribution in [2.75, 3.05) is 5.32 Å². The van der Waals surface area contributed by atoms with Gasteiger partial charge in [0.1, 0.15) is 0 Å². The predicted octanol–water partition coefficient (Wildman–Crippen LogP) is 2.71. The lowest BCUT2D eigenvalue weighted by Gasteiger charge is -2.08. The van der Waals surface area contributed by atoms with E-state index in [-0.39, 0.29) is 5.78 Å². The molecular weight excluding hydrogens is 254 g/mol. The van der Waals surface area contributed by atoms with E-state index >= 15 is 0 Å². The molecule has 4 heteroatoms. The Morgan fingerprint density at radius 3 is 2.10 bits per heavy atom. The highest BCUT2D eigenvalue weighted by atomic mass is 16.2. The number of nitrogens with one attached hydrogen (secondary N) is 1. The summed E-state index contributed by atoms with van der Waals surface area (Å²) in [4.78, 5) is 35.3. The minimum atomic E-state index is -0.759. The fourth-order valence-corrected chi connectivity index (χ4v) is 1.80. The Morgan fingerprint density at radius 2 is 1.45 bits per heavy atom. The van der Waals surface area contributed by atoms with Crippen LogP contribution in [0.1, 0.15) is 27.6 Å². The average molecular weight is 267 g/mol. The third kappa shape index (κ3) is 2.98. The van der Waals surface area contributed by atoms with Crippen LogP contribution in [-0.2, 0) is 4.79 Å². The zero-order chi connectivity index (χ0) is 14.5. The van der Waals surface area contributed by atoms with Crippen LogP contribution >= 0.6 is 0 Å². The van der Waals surface area contributed by atoms with Gasteiger partial charge in [-0.25, -0.2) is 0 Å². The van der Waals surface area contributed by atoms with Gasteiger partial charge in [-0.3, -0.25) is 14.4 Å². The first-order valence-electron chi connectivity index (χ1n) is 6.10. The van der Waals surface area contributed by atoms with Crippen molar-refractivity contribution in [3.63, 3.8) is 0 Å². The minimum Gasteiger partial charge on any atom is -0.318 e.